The highest BCUT2D eigenvalue weighted by Gasteiger charge is 2.23. The van der Waals surface area contributed by atoms with Crippen LogP contribution in [0.25, 0.3) is 0 Å². The van der Waals surface area contributed by atoms with E-state index in [1.165, 1.54) is 0 Å². The quantitative estimate of drug-likeness (QED) is 0.654. The SMILES string of the molecule is CCOCCC(=O)N1CCCc2c(N)cccc21. The van der Waals surface area contributed by atoms with Gasteiger partial charge in [-0.2, -0.15) is 0 Å². The lowest BCUT2D eigenvalue weighted by molar-refractivity contribution is -0.119. The summed E-state index contributed by atoms with van der Waals surface area (Å²) >= 11 is 0. The van der Waals surface area contributed by atoms with Gasteiger partial charge in [0.2, 0.25) is 5.91 Å². The second-order valence-electron chi connectivity index (χ2n) is 4.44. The molecule has 1 aromatic carbocycles. The van der Waals surface area contributed by atoms with Gasteiger partial charge in [-0.25, -0.2) is 0 Å². The normalized spacial score (nSPS) is 14.4. The smallest absolute Gasteiger partial charge is 0.229 e. The van der Waals surface area contributed by atoms with Crippen molar-refractivity contribution in [1.82, 2.24) is 0 Å². The van der Waals surface area contributed by atoms with Crippen LogP contribution in [0.3, 0.4) is 0 Å². The van der Waals surface area contributed by atoms with E-state index < -0.39 is 0 Å². The highest BCUT2D eigenvalue weighted by Crippen LogP contribution is 2.31. The van der Waals surface area contributed by atoms with Crippen LogP contribution in [0.5, 0.6) is 0 Å². The number of rotatable bonds is 4. The summed E-state index contributed by atoms with van der Waals surface area (Å²) in [7, 11) is 0. The predicted molar refractivity (Wildman–Crippen MR) is 72.6 cm³/mol. The van der Waals surface area contributed by atoms with E-state index in [4.69, 9.17) is 10.5 Å². The fraction of sp³-hybridized carbons (Fsp3) is 0.500. The summed E-state index contributed by atoms with van der Waals surface area (Å²) in [4.78, 5) is 14.0. The van der Waals surface area contributed by atoms with E-state index in [1.54, 1.807) is 0 Å². The van der Waals surface area contributed by atoms with Crippen LogP contribution in [0.15, 0.2) is 18.2 Å². The maximum Gasteiger partial charge on any atom is 0.229 e. The van der Waals surface area contributed by atoms with Gasteiger partial charge < -0.3 is 15.4 Å². The van der Waals surface area contributed by atoms with Crippen molar-refractivity contribution < 1.29 is 9.53 Å². The Balaban J connectivity index is 2.12. The Morgan fingerprint density at radius 2 is 2.33 bits per heavy atom. The van der Waals surface area contributed by atoms with Gasteiger partial charge in [0, 0.05) is 24.5 Å². The fourth-order valence-electron chi connectivity index (χ4n) is 2.35. The average Bonchev–Trinajstić information content (AvgIpc) is 2.39. The summed E-state index contributed by atoms with van der Waals surface area (Å²) in [6.07, 6.45) is 2.36. The standard InChI is InChI=1S/C14H20N2O2/c1-2-18-10-8-14(17)16-9-4-5-11-12(15)6-3-7-13(11)16/h3,6-7H,2,4-5,8-10,15H2,1H3. The van der Waals surface area contributed by atoms with E-state index >= 15 is 0 Å². The minimum Gasteiger partial charge on any atom is -0.398 e. The molecule has 0 radical (unpaired) electrons. The van der Waals surface area contributed by atoms with Gasteiger partial charge >= 0.3 is 0 Å². The van der Waals surface area contributed by atoms with Gasteiger partial charge in [-0.15, -0.1) is 0 Å². The lowest BCUT2D eigenvalue weighted by atomic mass is 9.99. The van der Waals surface area contributed by atoms with Crippen molar-refractivity contribution >= 4 is 17.3 Å². The molecule has 1 aliphatic heterocycles. The minimum absolute atomic E-state index is 0.120. The van der Waals surface area contributed by atoms with Gasteiger partial charge in [0.15, 0.2) is 0 Å². The third-order valence-electron chi connectivity index (χ3n) is 3.25. The Morgan fingerprint density at radius 3 is 3.11 bits per heavy atom. The molecule has 0 saturated heterocycles. The average molecular weight is 248 g/mol. The highest BCUT2D eigenvalue weighted by atomic mass is 16.5. The number of nitrogens with two attached hydrogens (primary N) is 1. The zero-order chi connectivity index (χ0) is 13.0. The molecule has 0 aromatic heterocycles. The lowest BCUT2D eigenvalue weighted by Gasteiger charge is -2.30. The maximum absolute atomic E-state index is 12.2. The molecular weight excluding hydrogens is 228 g/mol. The van der Waals surface area contributed by atoms with Crippen LogP contribution < -0.4 is 10.6 Å². The van der Waals surface area contributed by atoms with E-state index in [2.05, 4.69) is 0 Å². The number of fused-ring (bicyclic) bond motifs is 1. The highest BCUT2D eigenvalue weighted by molar-refractivity contribution is 5.95. The number of anilines is 2. The van der Waals surface area contributed by atoms with Gasteiger partial charge in [-0.05, 0) is 37.5 Å². The Kier molecular flexibility index (Phi) is 4.20. The van der Waals surface area contributed by atoms with Crippen molar-refractivity contribution in [2.45, 2.75) is 26.2 Å². The third kappa shape index (κ3) is 2.64. The predicted octanol–water partition coefficient (Wildman–Crippen LogP) is 1.97. The molecule has 1 amide bonds. The second kappa shape index (κ2) is 5.87. The summed E-state index contributed by atoms with van der Waals surface area (Å²) in [5, 5.41) is 0. The molecule has 1 heterocycles. The molecular formula is C14H20N2O2. The first-order chi connectivity index (χ1) is 8.74. The number of ether oxygens (including phenoxy) is 1. The number of benzene rings is 1. The van der Waals surface area contributed by atoms with Crippen LogP contribution >= 0.6 is 0 Å². The molecule has 1 aliphatic rings. The number of nitrogens with zero attached hydrogens (tertiary/aromatic N) is 1. The van der Waals surface area contributed by atoms with E-state index in [-0.39, 0.29) is 5.91 Å². The van der Waals surface area contributed by atoms with E-state index in [0.29, 0.717) is 19.6 Å². The topological polar surface area (TPSA) is 55.6 Å². The third-order valence-corrected chi connectivity index (χ3v) is 3.25. The Bertz CT molecular complexity index is 432. The van der Waals surface area contributed by atoms with E-state index in [1.807, 2.05) is 30.0 Å². The number of nitrogen functional groups attached to an aromatic ring is 1. The van der Waals surface area contributed by atoms with Gasteiger partial charge in [0.25, 0.3) is 0 Å². The molecule has 2 N–H and O–H groups in total. The Hall–Kier alpha value is -1.55. The molecule has 0 fully saturated rings. The summed E-state index contributed by atoms with van der Waals surface area (Å²) < 4.78 is 5.23. The molecule has 4 nitrogen and oxygen atoms in total. The van der Waals surface area contributed by atoms with Crippen LogP contribution in [0.4, 0.5) is 11.4 Å². The number of amides is 1. The molecule has 0 saturated carbocycles. The molecule has 0 aliphatic carbocycles. The molecule has 0 unspecified atom stereocenters. The van der Waals surface area contributed by atoms with E-state index in [9.17, 15) is 4.79 Å². The summed E-state index contributed by atoms with van der Waals surface area (Å²) in [5.74, 6) is 0.120. The van der Waals surface area contributed by atoms with Gasteiger partial charge in [0.05, 0.1) is 13.0 Å². The van der Waals surface area contributed by atoms with Crippen LogP contribution in [0.2, 0.25) is 0 Å². The number of hydrogen-bond donors (Lipinski definition) is 1. The molecule has 98 valence electrons. The Labute approximate surface area is 108 Å². The van der Waals surface area contributed by atoms with E-state index in [0.717, 1.165) is 36.3 Å². The second-order valence-corrected chi connectivity index (χ2v) is 4.44. The maximum atomic E-state index is 12.2. The van der Waals surface area contributed by atoms with Gasteiger partial charge in [0.1, 0.15) is 0 Å². The monoisotopic (exact) mass is 248 g/mol. The summed E-state index contributed by atoms with van der Waals surface area (Å²) in [6.45, 7) is 3.85. The van der Waals surface area contributed by atoms with Crippen molar-refractivity contribution in [1.29, 1.82) is 0 Å². The molecule has 4 heteroatoms. The molecule has 1 aromatic rings. The minimum atomic E-state index is 0.120. The lowest BCUT2D eigenvalue weighted by Crippen LogP contribution is -2.36. The molecule has 0 atom stereocenters. The largest absolute Gasteiger partial charge is 0.398 e. The zero-order valence-electron chi connectivity index (χ0n) is 10.8. The van der Waals surface area contributed by atoms with Crippen molar-refractivity contribution in [2.24, 2.45) is 0 Å². The molecule has 0 bridgehead atoms. The van der Waals surface area contributed by atoms with Crippen molar-refractivity contribution in [2.75, 3.05) is 30.4 Å². The number of hydrogen-bond acceptors (Lipinski definition) is 3. The fourth-order valence-corrected chi connectivity index (χ4v) is 2.35. The van der Waals surface area contributed by atoms with Gasteiger partial charge in [-0.1, -0.05) is 6.07 Å². The molecule has 18 heavy (non-hydrogen) atoms. The molecule has 0 spiro atoms. The number of carbonyl (C=O) groups excluding carboxylic acids is 1. The summed E-state index contributed by atoms with van der Waals surface area (Å²) in [5.41, 5.74) is 8.83. The van der Waals surface area contributed by atoms with Gasteiger partial charge in [-0.3, -0.25) is 4.79 Å². The van der Waals surface area contributed by atoms with Crippen LogP contribution in [0.1, 0.15) is 25.3 Å². The van der Waals surface area contributed by atoms with Crippen molar-refractivity contribution in [3.63, 3.8) is 0 Å². The Morgan fingerprint density at radius 1 is 1.50 bits per heavy atom. The van der Waals surface area contributed by atoms with Crippen LogP contribution in [-0.4, -0.2) is 25.7 Å². The van der Waals surface area contributed by atoms with Crippen LogP contribution in [0, 0.1) is 0 Å². The van der Waals surface area contributed by atoms with Crippen molar-refractivity contribution in [3.05, 3.63) is 23.8 Å². The number of carbonyl (C=O) groups is 1. The summed E-state index contributed by atoms with van der Waals surface area (Å²) in [6, 6.07) is 5.78. The van der Waals surface area contributed by atoms with Crippen LogP contribution in [-0.2, 0) is 16.0 Å². The molecule has 2 rings (SSSR count). The first-order valence-corrected chi connectivity index (χ1v) is 6.49. The first kappa shape index (κ1) is 12.9. The first-order valence-electron chi connectivity index (χ1n) is 6.49. The van der Waals surface area contributed by atoms with Crippen molar-refractivity contribution in [3.8, 4) is 0 Å². The zero-order valence-corrected chi connectivity index (χ0v) is 10.8.